The first kappa shape index (κ1) is 33.6. The number of primary amides is 1. The molecule has 0 saturated heterocycles. The summed E-state index contributed by atoms with van der Waals surface area (Å²) in [7, 11) is 0. The SMILES string of the molecule is CCCCCC(=O)N[C@@H](Cc1ccc(OC(C)=O)cc1)C(=O)N[C@H](C(=O)NCCCCCC(N)=O)[C@@H](C)CC. The van der Waals surface area contributed by atoms with Crippen molar-refractivity contribution in [3.05, 3.63) is 29.8 Å². The van der Waals surface area contributed by atoms with Gasteiger partial charge in [-0.15, -0.1) is 0 Å². The van der Waals surface area contributed by atoms with E-state index in [-0.39, 0.29) is 30.1 Å². The van der Waals surface area contributed by atoms with E-state index in [9.17, 15) is 24.0 Å². The molecule has 0 aromatic heterocycles. The van der Waals surface area contributed by atoms with Gasteiger partial charge in [-0.25, -0.2) is 0 Å². The van der Waals surface area contributed by atoms with Gasteiger partial charge < -0.3 is 26.4 Å². The quantitative estimate of drug-likeness (QED) is 0.119. The Labute approximate surface area is 232 Å². The second-order valence-electron chi connectivity index (χ2n) is 9.96. The van der Waals surface area contributed by atoms with Crippen LogP contribution in [0.1, 0.15) is 91.0 Å². The molecule has 0 unspecified atom stereocenters. The van der Waals surface area contributed by atoms with E-state index in [0.29, 0.717) is 44.4 Å². The number of rotatable bonds is 19. The number of esters is 1. The number of nitrogens with one attached hydrogen (secondary N) is 3. The third-order valence-corrected chi connectivity index (χ3v) is 6.48. The molecule has 0 heterocycles. The van der Waals surface area contributed by atoms with Crippen LogP contribution in [0.4, 0.5) is 0 Å². The van der Waals surface area contributed by atoms with Crippen LogP contribution in [-0.4, -0.2) is 48.2 Å². The lowest BCUT2D eigenvalue weighted by molar-refractivity contribution is -0.133. The molecule has 0 aliphatic rings. The summed E-state index contributed by atoms with van der Waals surface area (Å²) in [5, 5.41) is 8.59. The molecule has 1 aromatic rings. The summed E-state index contributed by atoms with van der Waals surface area (Å²) in [6, 6.07) is 5.09. The van der Waals surface area contributed by atoms with Crippen LogP contribution in [0.2, 0.25) is 0 Å². The van der Waals surface area contributed by atoms with Gasteiger partial charge in [-0.2, -0.15) is 0 Å². The highest BCUT2D eigenvalue weighted by molar-refractivity contribution is 5.92. The first-order valence-corrected chi connectivity index (χ1v) is 14.0. The fraction of sp³-hybridized carbons (Fsp3) is 0.621. The molecule has 218 valence electrons. The minimum absolute atomic E-state index is 0.132. The predicted molar refractivity (Wildman–Crippen MR) is 150 cm³/mol. The van der Waals surface area contributed by atoms with E-state index in [2.05, 4.69) is 22.9 Å². The fourth-order valence-electron chi connectivity index (χ4n) is 3.98. The lowest BCUT2D eigenvalue weighted by Gasteiger charge is -2.26. The van der Waals surface area contributed by atoms with Crippen molar-refractivity contribution in [2.75, 3.05) is 6.54 Å². The molecule has 10 nitrogen and oxygen atoms in total. The summed E-state index contributed by atoms with van der Waals surface area (Å²) in [6.45, 7) is 7.62. The molecule has 0 fully saturated rings. The molecule has 0 saturated carbocycles. The Bertz CT molecular complexity index is 934. The zero-order chi connectivity index (χ0) is 29.2. The highest BCUT2D eigenvalue weighted by Gasteiger charge is 2.29. The topological polar surface area (TPSA) is 157 Å². The Morgan fingerprint density at radius 3 is 2.13 bits per heavy atom. The predicted octanol–water partition coefficient (Wildman–Crippen LogP) is 2.91. The van der Waals surface area contributed by atoms with E-state index in [0.717, 1.165) is 31.2 Å². The van der Waals surface area contributed by atoms with E-state index >= 15 is 0 Å². The van der Waals surface area contributed by atoms with Crippen LogP contribution in [0.3, 0.4) is 0 Å². The molecule has 10 heteroatoms. The largest absolute Gasteiger partial charge is 0.427 e. The molecular formula is C29H46N4O6. The Kier molecular flexibility index (Phi) is 16.2. The summed E-state index contributed by atoms with van der Waals surface area (Å²) in [4.78, 5) is 61.1. The first-order chi connectivity index (χ1) is 18.6. The van der Waals surface area contributed by atoms with Gasteiger partial charge in [0, 0.05) is 32.7 Å². The second-order valence-corrected chi connectivity index (χ2v) is 9.96. The van der Waals surface area contributed by atoms with E-state index in [1.54, 1.807) is 24.3 Å². The van der Waals surface area contributed by atoms with Gasteiger partial charge >= 0.3 is 5.97 Å². The van der Waals surface area contributed by atoms with Gasteiger partial charge in [0.2, 0.25) is 23.6 Å². The Balaban J connectivity index is 2.92. The molecule has 4 amide bonds. The Hall–Kier alpha value is -3.43. The van der Waals surface area contributed by atoms with Crippen LogP contribution in [0.5, 0.6) is 5.75 Å². The number of amides is 4. The number of ether oxygens (including phenoxy) is 1. The zero-order valence-electron chi connectivity index (χ0n) is 23.8. The molecule has 0 aliphatic carbocycles. The average molecular weight is 547 g/mol. The molecule has 0 bridgehead atoms. The fourth-order valence-corrected chi connectivity index (χ4v) is 3.98. The minimum Gasteiger partial charge on any atom is -0.427 e. The summed E-state index contributed by atoms with van der Waals surface area (Å²) in [6.07, 6.45) is 6.24. The highest BCUT2D eigenvalue weighted by atomic mass is 16.5. The Morgan fingerprint density at radius 2 is 1.54 bits per heavy atom. The van der Waals surface area contributed by atoms with Crippen LogP contribution < -0.4 is 26.4 Å². The van der Waals surface area contributed by atoms with Gasteiger partial charge in [0.1, 0.15) is 17.8 Å². The molecule has 5 N–H and O–H groups in total. The van der Waals surface area contributed by atoms with Crippen molar-refractivity contribution >= 4 is 29.6 Å². The number of nitrogens with two attached hydrogens (primary N) is 1. The van der Waals surface area contributed by atoms with Crippen molar-refractivity contribution in [1.82, 2.24) is 16.0 Å². The molecule has 1 aromatic carbocycles. The maximum Gasteiger partial charge on any atom is 0.308 e. The molecule has 3 atom stereocenters. The Morgan fingerprint density at radius 1 is 0.872 bits per heavy atom. The van der Waals surface area contributed by atoms with E-state index in [4.69, 9.17) is 10.5 Å². The first-order valence-electron chi connectivity index (χ1n) is 14.0. The lowest BCUT2D eigenvalue weighted by atomic mass is 9.97. The van der Waals surface area contributed by atoms with Crippen LogP contribution >= 0.6 is 0 Å². The molecule has 0 radical (unpaired) electrons. The van der Waals surface area contributed by atoms with E-state index in [1.807, 2.05) is 13.8 Å². The number of benzene rings is 1. The molecule has 39 heavy (non-hydrogen) atoms. The van der Waals surface area contributed by atoms with Crippen molar-refractivity contribution < 1.29 is 28.7 Å². The summed E-state index contributed by atoms with van der Waals surface area (Å²) >= 11 is 0. The third kappa shape index (κ3) is 14.3. The lowest BCUT2D eigenvalue weighted by Crippen LogP contribution is -2.56. The van der Waals surface area contributed by atoms with Crippen molar-refractivity contribution in [1.29, 1.82) is 0 Å². The van der Waals surface area contributed by atoms with Crippen molar-refractivity contribution in [2.45, 2.75) is 104 Å². The maximum atomic E-state index is 13.4. The smallest absolute Gasteiger partial charge is 0.308 e. The number of hydrogen-bond donors (Lipinski definition) is 4. The average Bonchev–Trinajstić information content (AvgIpc) is 2.88. The van der Waals surface area contributed by atoms with Crippen LogP contribution in [0.25, 0.3) is 0 Å². The molecule has 1 rings (SSSR count). The molecular weight excluding hydrogens is 500 g/mol. The standard InChI is InChI=1S/C29H46N4O6/c1-5-7-9-13-26(36)32-24(19-22-14-16-23(17-15-22)39-21(4)34)28(37)33-27(20(3)6-2)29(38)31-18-11-8-10-12-25(30)35/h14-17,20,24,27H,5-13,18-19H2,1-4H3,(H2,30,35)(H,31,38)(H,32,36)(H,33,37)/t20-,24-,27-/m0/s1. The minimum atomic E-state index is -0.883. The van der Waals surface area contributed by atoms with Crippen LogP contribution in [-0.2, 0) is 30.4 Å². The molecule has 0 spiro atoms. The second kappa shape index (κ2) is 18.8. The van der Waals surface area contributed by atoms with E-state index < -0.39 is 24.0 Å². The number of hydrogen-bond acceptors (Lipinski definition) is 6. The number of carbonyl (C=O) groups excluding carboxylic acids is 5. The van der Waals surface area contributed by atoms with Crippen LogP contribution in [0.15, 0.2) is 24.3 Å². The zero-order valence-corrected chi connectivity index (χ0v) is 23.8. The van der Waals surface area contributed by atoms with Gasteiger partial charge in [-0.1, -0.05) is 58.6 Å². The monoisotopic (exact) mass is 546 g/mol. The highest BCUT2D eigenvalue weighted by Crippen LogP contribution is 2.15. The van der Waals surface area contributed by atoms with Gasteiger partial charge in [-0.05, 0) is 42.9 Å². The number of carbonyl (C=O) groups is 5. The number of unbranched alkanes of at least 4 members (excludes halogenated alkanes) is 4. The van der Waals surface area contributed by atoms with Gasteiger partial charge in [-0.3, -0.25) is 24.0 Å². The maximum absolute atomic E-state index is 13.4. The van der Waals surface area contributed by atoms with Crippen molar-refractivity contribution in [3.63, 3.8) is 0 Å². The van der Waals surface area contributed by atoms with Gasteiger partial charge in [0.15, 0.2) is 0 Å². The third-order valence-electron chi connectivity index (χ3n) is 6.48. The summed E-state index contributed by atoms with van der Waals surface area (Å²) in [5.41, 5.74) is 5.92. The van der Waals surface area contributed by atoms with Crippen molar-refractivity contribution in [2.24, 2.45) is 11.7 Å². The summed E-state index contributed by atoms with van der Waals surface area (Å²) in [5.74, 6) is -1.46. The summed E-state index contributed by atoms with van der Waals surface area (Å²) < 4.78 is 5.07. The molecule has 0 aliphatic heterocycles. The van der Waals surface area contributed by atoms with E-state index in [1.165, 1.54) is 6.92 Å². The van der Waals surface area contributed by atoms with Crippen LogP contribution in [0, 0.1) is 5.92 Å². The van der Waals surface area contributed by atoms with Gasteiger partial charge in [0.25, 0.3) is 0 Å². The van der Waals surface area contributed by atoms with Gasteiger partial charge in [0.05, 0.1) is 0 Å². The normalized spacial score (nSPS) is 13.0. The van der Waals surface area contributed by atoms with Crippen molar-refractivity contribution in [3.8, 4) is 5.75 Å².